The van der Waals surface area contributed by atoms with Gasteiger partial charge >= 0.3 is 0 Å². The molecule has 0 spiro atoms. The molecule has 6 heteroatoms. The molecule has 0 aromatic heterocycles. The smallest absolute Gasteiger partial charge is 0.261 e. The molecular formula is C29H33ClN2O3. The van der Waals surface area contributed by atoms with Crippen molar-refractivity contribution in [2.24, 2.45) is 0 Å². The van der Waals surface area contributed by atoms with Crippen LogP contribution in [0.2, 0.25) is 5.02 Å². The zero-order valence-electron chi connectivity index (χ0n) is 20.6. The van der Waals surface area contributed by atoms with Crippen LogP contribution in [-0.4, -0.2) is 35.9 Å². The predicted molar refractivity (Wildman–Crippen MR) is 141 cm³/mol. The Kier molecular flexibility index (Phi) is 9.74. The fourth-order valence-electron chi connectivity index (χ4n) is 3.84. The molecule has 0 heterocycles. The van der Waals surface area contributed by atoms with Gasteiger partial charge in [0.2, 0.25) is 5.91 Å². The summed E-state index contributed by atoms with van der Waals surface area (Å²) < 4.78 is 5.93. The third-order valence-corrected chi connectivity index (χ3v) is 5.99. The van der Waals surface area contributed by atoms with E-state index in [0.717, 1.165) is 28.7 Å². The summed E-state index contributed by atoms with van der Waals surface area (Å²) in [4.78, 5) is 28.5. The Morgan fingerprint density at radius 3 is 2.43 bits per heavy atom. The molecule has 0 unspecified atom stereocenters. The van der Waals surface area contributed by atoms with Crippen LogP contribution < -0.4 is 10.1 Å². The maximum absolute atomic E-state index is 13.6. The van der Waals surface area contributed by atoms with Gasteiger partial charge in [0.25, 0.3) is 5.91 Å². The Hall–Kier alpha value is -3.31. The molecule has 0 saturated heterocycles. The van der Waals surface area contributed by atoms with Crippen molar-refractivity contribution < 1.29 is 14.3 Å². The number of hydrogen-bond acceptors (Lipinski definition) is 3. The predicted octanol–water partition coefficient (Wildman–Crippen LogP) is 5.50. The molecule has 0 aliphatic rings. The van der Waals surface area contributed by atoms with E-state index in [9.17, 15) is 9.59 Å². The number of ether oxygens (including phenoxy) is 1. The highest BCUT2D eigenvalue weighted by molar-refractivity contribution is 6.30. The Bertz CT molecular complexity index is 1130. The first-order valence-electron chi connectivity index (χ1n) is 11.9. The first-order valence-corrected chi connectivity index (χ1v) is 12.3. The average Bonchev–Trinajstić information content (AvgIpc) is 2.85. The zero-order valence-corrected chi connectivity index (χ0v) is 21.3. The number of benzene rings is 3. The van der Waals surface area contributed by atoms with Crippen LogP contribution in [0.3, 0.4) is 0 Å². The highest BCUT2D eigenvalue weighted by Gasteiger charge is 2.30. The summed E-state index contributed by atoms with van der Waals surface area (Å²) in [7, 11) is 0. The van der Waals surface area contributed by atoms with Crippen molar-refractivity contribution in [2.45, 2.75) is 46.2 Å². The molecule has 35 heavy (non-hydrogen) atoms. The summed E-state index contributed by atoms with van der Waals surface area (Å²) in [6.07, 6.45) is 1.20. The number of carbonyl (C=O) groups excluding carboxylic acids is 2. The lowest BCUT2D eigenvalue weighted by Crippen LogP contribution is -2.51. The van der Waals surface area contributed by atoms with E-state index in [2.05, 4.69) is 5.32 Å². The second-order valence-corrected chi connectivity index (χ2v) is 9.14. The highest BCUT2D eigenvalue weighted by Crippen LogP contribution is 2.21. The van der Waals surface area contributed by atoms with Crippen LogP contribution >= 0.6 is 11.6 Å². The number of nitrogens with one attached hydrogen (secondary N) is 1. The van der Waals surface area contributed by atoms with Crippen LogP contribution in [0.1, 0.15) is 35.6 Å². The second kappa shape index (κ2) is 13.0. The molecule has 5 nitrogen and oxygen atoms in total. The number of nitrogens with zero attached hydrogens (tertiary/aromatic N) is 1. The van der Waals surface area contributed by atoms with E-state index in [1.165, 1.54) is 0 Å². The first-order chi connectivity index (χ1) is 16.9. The fourth-order valence-corrected chi connectivity index (χ4v) is 4.05. The summed E-state index contributed by atoms with van der Waals surface area (Å²) >= 11 is 6.21. The minimum atomic E-state index is -0.697. The maximum Gasteiger partial charge on any atom is 0.261 e. The lowest BCUT2D eigenvalue weighted by atomic mass is 10.0. The minimum Gasteiger partial charge on any atom is -0.483 e. The lowest BCUT2D eigenvalue weighted by molar-refractivity contribution is -0.142. The first kappa shape index (κ1) is 26.3. The van der Waals surface area contributed by atoms with E-state index >= 15 is 0 Å². The van der Waals surface area contributed by atoms with Gasteiger partial charge < -0.3 is 15.0 Å². The number of halogens is 1. The van der Waals surface area contributed by atoms with Crippen molar-refractivity contribution in [3.8, 4) is 5.75 Å². The fraction of sp³-hybridized carbons (Fsp3) is 0.310. The molecule has 3 rings (SSSR count). The topological polar surface area (TPSA) is 58.6 Å². The summed E-state index contributed by atoms with van der Waals surface area (Å²) in [5, 5.41) is 3.56. The number of aryl methyl sites for hydroxylation is 2. The molecule has 2 amide bonds. The van der Waals surface area contributed by atoms with Crippen molar-refractivity contribution in [3.05, 3.63) is 100 Å². The number of carbonyl (C=O) groups is 2. The largest absolute Gasteiger partial charge is 0.483 e. The zero-order chi connectivity index (χ0) is 25.2. The van der Waals surface area contributed by atoms with Crippen LogP contribution in [0.5, 0.6) is 5.75 Å². The lowest BCUT2D eigenvalue weighted by Gasteiger charge is -2.31. The van der Waals surface area contributed by atoms with E-state index < -0.39 is 6.04 Å². The SMILES string of the molecule is CCCNC(=O)[C@@H](Cc1ccccc1)N(Cc1cccc(Cl)c1)C(=O)COc1cc(C)ccc1C. The molecule has 3 aromatic rings. The Labute approximate surface area is 213 Å². The molecule has 0 fully saturated rings. The molecule has 1 N–H and O–H groups in total. The summed E-state index contributed by atoms with van der Waals surface area (Å²) in [5.74, 6) is 0.215. The third kappa shape index (κ3) is 7.86. The van der Waals surface area contributed by atoms with Crippen LogP contribution in [0.4, 0.5) is 0 Å². The van der Waals surface area contributed by atoms with Gasteiger partial charge in [0.15, 0.2) is 6.61 Å². The van der Waals surface area contributed by atoms with Crippen molar-refractivity contribution in [2.75, 3.05) is 13.2 Å². The highest BCUT2D eigenvalue weighted by atomic mass is 35.5. The van der Waals surface area contributed by atoms with E-state index in [1.807, 2.05) is 87.5 Å². The Balaban J connectivity index is 1.91. The van der Waals surface area contributed by atoms with Crippen molar-refractivity contribution in [1.29, 1.82) is 0 Å². The summed E-state index contributed by atoms with van der Waals surface area (Å²) in [5.41, 5.74) is 3.82. The third-order valence-electron chi connectivity index (χ3n) is 5.76. The van der Waals surface area contributed by atoms with Gasteiger partial charge in [-0.1, -0.05) is 73.1 Å². The average molecular weight is 493 g/mol. The minimum absolute atomic E-state index is 0.169. The maximum atomic E-state index is 13.6. The summed E-state index contributed by atoms with van der Waals surface area (Å²) in [6, 6.07) is 22.3. The molecular weight excluding hydrogens is 460 g/mol. The van der Waals surface area contributed by atoms with Gasteiger partial charge in [0, 0.05) is 24.5 Å². The Morgan fingerprint density at radius 1 is 0.971 bits per heavy atom. The molecule has 184 valence electrons. The quantitative estimate of drug-likeness (QED) is 0.384. The van der Waals surface area contributed by atoms with E-state index in [0.29, 0.717) is 23.7 Å². The van der Waals surface area contributed by atoms with Crippen molar-refractivity contribution in [3.63, 3.8) is 0 Å². The second-order valence-electron chi connectivity index (χ2n) is 8.71. The van der Waals surface area contributed by atoms with Gasteiger partial charge in [0.05, 0.1) is 0 Å². The van der Waals surface area contributed by atoms with Crippen LogP contribution in [0.15, 0.2) is 72.8 Å². The van der Waals surface area contributed by atoms with Crippen molar-refractivity contribution in [1.82, 2.24) is 10.2 Å². The van der Waals surface area contributed by atoms with Gasteiger partial charge in [-0.25, -0.2) is 0 Å². The van der Waals surface area contributed by atoms with Gasteiger partial charge in [-0.2, -0.15) is 0 Å². The van der Waals surface area contributed by atoms with Crippen LogP contribution in [-0.2, 0) is 22.6 Å². The van der Waals surface area contributed by atoms with Crippen LogP contribution in [0.25, 0.3) is 0 Å². The normalized spacial score (nSPS) is 11.5. The number of rotatable bonds is 11. The van der Waals surface area contributed by atoms with Gasteiger partial charge in [-0.05, 0) is 60.7 Å². The van der Waals surface area contributed by atoms with E-state index in [-0.39, 0.29) is 25.0 Å². The van der Waals surface area contributed by atoms with Gasteiger partial charge in [-0.3, -0.25) is 9.59 Å². The molecule has 0 bridgehead atoms. The van der Waals surface area contributed by atoms with Crippen LogP contribution in [0, 0.1) is 13.8 Å². The molecule has 3 aromatic carbocycles. The summed E-state index contributed by atoms with van der Waals surface area (Å²) in [6.45, 7) is 6.54. The standard InChI is InChI=1S/C29H33ClN2O3/c1-4-15-31-29(34)26(18-23-9-6-5-7-10-23)32(19-24-11-8-12-25(30)17-24)28(33)20-35-27-16-21(2)13-14-22(27)3/h5-14,16-17,26H,4,15,18-20H2,1-3H3,(H,31,34)/t26-/m1/s1. The van der Waals surface area contributed by atoms with E-state index in [4.69, 9.17) is 16.3 Å². The Morgan fingerprint density at radius 2 is 1.71 bits per heavy atom. The van der Waals surface area contributed by atoms with Gasteiger partial charge in [0.1, 0.15) is 11.8 Å². The molecule has 0 aliphatic carbocycles. The monoisotopic (exact) mass is 492 g/mol. The molecule has 0 saturated carbocycles. The number of amides is 2. The molecule has 1 atom stereocenters. The molecule has 0 radical (unpaired) electrons. The molecule has 0 aliphatic heterocycles. The van der Waals surface area contributed by atoms with Crippen molar-refractivity contribution >= 4 is 23.4 Å². The number of hydrogen-bond donors (Lipinski definition) is 1. The van der Waals surface area contributed by atoms with E-state index in [1.54, 1.807) is 11.0 Å². The van der Waals surface area contributed by atoms with Gasteiger partial charge in [-0.15, -0.1) is 0 Å².